The van der Waals surface area contributed by atoms with Gasteiger partial charge in [-0.05, 0) is 245 Å². The molecule has 0 saturated carbocycles. The summed E-state index contributed by atoms with van der Waals surface area (Å²) < 4.78 is 55.8. The van der Waals surface area contributed by atoms with Gasteiger partial charge in [-0.25, -0.2) is 16.8 Å². The van der Waals surface area contributed by atoms with E-state index < -0.39 is 49.2 Å². The van der Waals surface area contributed by atoms with Crippen LogP contribution in [0.5, 0.6) is 5.75 Å². The number of nitrogens with zero attached hydrogens (tertiary/aromatic N) is 1. The van der Waals surface area contributed by atoms with E-state index in [0.29, 0.717) is 42.6 Å². The smallest absolute Gasteiger partial charge is 0.307 e. The van der Waals surface area contributed by atoms with E-state index >= 15 is 0 Å². The number of aliphatic hydroxyl groups excluding tert-OH is 1. The van der Waals surface area contributed by atoms with Crippen molar-refractivity contribution < 1.29 is 65.7 Å². The van der Waals surface area contributed by atoms with Gasteiger partial charge in [-0.15, -0.1) is 0 Å². The summed E-state index contributed by atoms with van der Waals surface area (Å²) in [6.07, 6.45) is 24.8. The van der Waals surface area contributed by atoms with Gasteiger partial charge >= 0.3 is 11.9 Å². The second kappa shape index (κ2) is 57.8. The average molecular weight is 1790 g/mol. The van der Waals surface area contributed by atoms with Crippen LogP contribution in [0.25, 0.3) is 33.4 Å². The minimum absolute atomic E-state index is 0.0260. The van der Waals surface area contributed by atoms with E-state index in [4.69, 9.17) is 15.1 Å². The molecule has 1 aliphatic rings. The summed E-state index contributed by atoms with van der Waals surface area (Å²) in [4.78, 5) is 66.9. The summed E-state index contributed by atoms with van der Waals surface area (Å²) in [7, 11) is -7.33. The monoisotopic (exact) mass is 1780 g/mol. The SMILES string of the molecule is C=C(O)CCOc1ccc(-c2ccc(C#N)cc2)cc1.CC(=O)/C=C(C)/C=C/C=C(C)/C=C/C1=C(C)CCCC1(C)C.CC(=O)C(C)c1ccc(CC(C)C)cc1.CC(=O)CCCc1ccccc1.CC(C)C(CS(=O)(=O)c1ccc(-c2ccccc2)cc1)C(=O)O.CCCC(CCC)C(C)=O.O=C(O)C(Cc1ccccc1)CS(=O)(=O)c1ccc(-c2ccccc2)cc1. The maximum atomic E-state index is 12.7. The number of carbonyl (C=O) groups is 6. The van der Waals surface area contributed by atoms with Gasteiger partial charge in [0.05, 0.1) is 57.1 Å². The Morgan fingerprint density at radius 2 is 0.969 bits per heavy atom. The van der Waals surface area contributed by atoms with E-state index in [2.05, 4.69) is 123 Å². The normalized spacial score (nSPS) is 13.1. The van der Waals surface area contributed by atoms with Gasteiger partial charge in [-0.1, -0.05) is 317 Å². The molecule has 0 saturated heterocycles. The number of benzene rings is 9. The second-order valence-corrected chi connectivity index (χ2v) is 38.3. The number of sulfone groups is 2. The molecule has 686 valence electrons. The lowest BCUT2D eigenvalue weighted by Gasteiger charge is -2.32. The van der Waals surface area contributed by atoms with Crippen LogP contribution in [0.1, 0.15) is 209 Å². The van der Waals surface area contributed by atoms with Gasteiger partial charge in [0.25, 0.3) is 0 Å². The van der Waals surface area contributed by atoms with Crippen LogP contribution in [0, 0.1) is 46.3 Å². The van der Waals surface area contributed by atoms with E-state index in [9.17, 15) is 55.8 Å². The molecule has 3 N–H and O–H groups in total. The van der Waals surface area contributed by atoms with Gasteiger partial charge in [0, 0.05) is 24.7 Å². The fraction of sp³-hybridized carbons (Fsp3) is 0.348. The van der Waals surface area contributed by atoms with E-state index in [1.165, 1.54) is 59.2 Å². The van der Waals surface area contributed by atoms with Crippen molar-refractivity contribution in [3.05, 3.63) is 342 Å². The third-order valence-electron chi connectivity index (χ3n) is 21.7. The molecule has 0 fully saturated rings. The molecule has 0 aromatic heterocycles. The first kappa shape index (κ1) is 109. The highest BCUT2D eigenvalue weighted by atomic mass is 32.2. The van der Waals surface area contributed by atoms with Crippen LogP contribution in [-0.4, -0.2) is 85.3 Å². The predicted octanol–water partition coefficient (Wildman–Crippen LogP) is 26.7. The van der Waals surface area contributed by atoms with Gasteiger partial charge in [0.2, 0.25) is 0 Å². The molecule has 17 heteroatoms. The molecule has 1 aliphatic carbocycles. The average Bonchev–Trinajstić information content (AvgIpc) is 0.823. The topological polar surface area (TPSA) is 264 Å². The molecule has 3 unspecified atom stereocenters. The van der Waals surface area contributed by atoms with Crippen molar-refractivity contribution in [1.82, 2.24) is 0 Å². The standard InChI is InChI=1S/C22H20O4S.C21H30O.C18H20O4S.C17H15NO2.C14H20O.C11H14O.C9H18O/c23-22(24)20(15-17-7-3-1-4-8-17)16-27(25,26)21-13-11-19(12-14-21)18-9-5-2-6-10-18;1-16(9-7-10-17(2)15-19(4)22)12-13-20-18(3)11-8-14-21(20,5)6;1-13(2)17(18(19)20)12-23(21,22)16-10-8-15(9-11-16)14-6-4-3-5-7-14;1-13(19)10-11-20-17-8-6-16(7-9-17)15-4-2-14(12-18)3-5-15;1-10(2)9-13-5-7-14(8-6-13)11(3)12(4)15;1-10(12)6-5-9-11-7-3-2-4-8-11;1-4-6-9(7-5-2)8(3)10/h1-14,20H,15-16H2,(H,23,24);7,9-10,12-13,15H,8,11,14H2,1-6H3;3-11,13,17H,12H2,1-2H3,(H,19,20);2-9,19H,1,10-11H2;5-8,10-11H,9H2,1-4H3;2-4,7-8H,5-6,9H2,1H3;9H,4-7H2,1-3H3/b;10-7+,13-12+,16-9+,17-15+;;;;;. The lowest BCUT2D eigenvalue weighted by atomic mass is 9.72. The summed E-state index contributed by atoms with van der Waals surface area (Å²) in [5.74, 6) is -2.26. The number of aliphatic carboxylic acids is 2. The van der Waals surface area contributed by atoms with Crippen molar-refractivity contribution in [2.45, 2.75) is 210 Å². The fourth-order valence-corrected chi connectivity index (χ4v) is 17.5. The molecule has 3 atom stereocenters. The van der Waals surface area contributed by atoms with Crippen LogP contribution >= 0.6 is 0 Å². The number of carboxylic acids is 2. The van der Waals surface area contributed by atoms with E-state index in [1.807, 2.05) is 159 Å². The summed E-state index contributed by atoms with van der Waals surface area (Å²) in [5.41, 5.74) is 16.7. The number of carboxylic acid groups (broad SMARTS) is 2. The number of aliphatic hydroxyl groups is 1. The van der Waals surface area contributed by atoms with Crippen molar-refractivity contribution in [1.29, 1.82) is 5.26 Å². The van der Waals surface area contributed by atoms with E-state index in [-0.39, 0.29) is 62.3 Å². The molecule has 0 amide bonds. The minimum Gasteiger partial charge on any atom is -0.513 e. The first-order valence-corrected chi connectivity index (χ1v) is 47.9. The van der Waals surface area contributed by atoms with Crippen molar-refractivity contribution in [3.63, 3.8) is 0 Å². The number of carbonyl (C=O) groups excluding carboxylic acids is 4. The molecule has 9 aromatic rings. The Hall–Kier alpha value is -12.0. The van der Waals surface area contributed by atoms with Crippen molar-refractivity contribution >= 4 is 54.7 Å². The van der Waals surface area contributed by atoms with Crippen LogP contribution < -0.4 is 4.74 Å². The molecule has 0 spiro atoms. The molecule has 129 heavy (non-hydrogen) atoms. The largest absolute Gasteiger partial charge is 0.513 e. The van der Waals surface area contributed by atoms with Crippen LogP contribution in [0.2, 0.25) is 0 Å². The first-order valence-electron chi connectivity index (χ1n) is 44.6. The molecule has 10 rings (SSSR count). The maximum absolute atomic E-state index is 12.7. The van der Waals surface area contributed by atoms with Crippen molar-refractivity contribution in [3.8, 4) is 45.2 Å². The van der Waals surface area contributed by atoms with Crippen molar-refractivity contribution in [2.75, 3.05) is 18.1 Å². The number of ketones is 4. The third-order valence-corrected chi connectivity index (χ3v) is 25.4. The fourth-order valence-electron chi connectivity index (χ4n) is 14.2. The molecule has 0 bridgehead atoms. The minimum atomic E-state index is -3.70. The zero-order chi connectivity index (χ0) is 95.7. The van der Waals surface area contributed by atoms with E-state index in [0.717, 1.165) is 101 Å². The Bertz CT molecular complexity index is 5390. The Kier molecular flexibility index (Phi) is 49.0. The highest BCUT2D eigenvalue weighted by molar-refractivity contribution is 7.91. The number of allylic oxidation sites excluding steroid dienone is 10. The van der Waals surface area contributed by atoms with Gasteiger partial charge in [-0.2, -0.15) is 5.26 Å². The molecular formula is C112H137NO14S2. The molecule has 0 aliphatic heterocycles. The number of aryl methyl sites for hydroxylation is 1. The van der Waals surface area contributed by atoms with Gasteiger partial charge in [0.1, 0.15) is 23.1 Å². The summed E-state index contributed by atoms with van der Waals surface area (Å²) >= 11 is 0. The number of rotatable bonds is 36. The van der Waals surface area contributed by atoms with Crippen LogP contribution in [-0.2, 0) is 67.7 Å². The highest BCUT2D eigenvalue weighted by Gasteiger charge is 2.31. The van der Waals surface area contributed by atoms with Gasteiger partial charge in [0.15, 0.2) is 25.5 Å². The number of nitriles is 1. The van der Waals surface area contributed by atoms with Gasteiger partial charge < -0.3 is 24.9 Å². The van der Waals surface area contributed by atoms with Gasteiger partial charge in [-0.3, -0.25) is 24.0 Å². The summed E-state index contributed by atoms with van der Waals surface area (Å²) in [6.45, 7) is 35.4. The molecule has 9 aromatic carbocycles. The Morgan fingerprint density at radius 3 is 1.38 bits per heavy atom. The molecule has 0 heterocycles. The van der Waals surface area contributed by atoms with Crippen LogP contribution in [0.3, 0.4) is 0 Å². The quantitative estimate of drug-likeness (QED) is 0.0187. The zero-order valence-electron chi connectivity index (χ0n) is 78.6. The highest BCUT2D eigenvalue weighted by Crippen LogP contribution is 2.41. The lowest BCUT2D eigenvalue weighted by molar-refractivity contribution is -0.142. The van der Waals surface area contributed by atoms with E-state index in [1.54, 1.807) is 108 Å². The second-order valence-electron chi connectivity index (χ2n) is 34.3. The van der Waals surface area contributed by atoms with Crippen LogP contribution in [0.15, 0.2) is 324 Å². The number of Topliss-reactive ketones (excluding diaryl/α,β-unsaturated/α-hetero) is 3. The molecule has 15 nitrogen and oxygen atoms in total. The lowest BCUT2D eigenvalue weighted by Crippen LogP contribution is -2.28. The number of ether oxygens (including phenoxy) is 1. The summed E-state index contributed by atoms with van der Waals surface area (Å²) in [5, 5.41) is 36.4. The predicted molar refractivity (Wildman–Crippen MR) is 529 cm³/mol. The number of hydrogen-bond acceptors (Lipinski definition) is 13. The van der Waals surface area contributed by atoms with Crippen molar-refractivity contribution in [2.24, 2.45) is 35.0 Å². The Morgan fingerprint density at radius 1 is 0.519 bits per heavy atom. The zero-order valence-corrected chi connectivity index (χ0v) is 80.3. The Labute approximate surface area is 770 Å². The molecule has 0 radical (unpaired) electrons. The summed E-state index contributed by atoms with van der Waals surface area (Å²) in [6, 6.07) is 77.4. The van der Waals surface area contributed by atoms with Crippen LogP contribution in [0.4, 0.5) is 0 Å². The Balaban J connectivity index is 0.000000322. The maximum Gasteiger partial charge on any atom is 0.307 e. The first-order chi connectivity index (χ1) is 61.2. The third kappa shape index (κ3) is 42.7. The number of hydrogen-bond donors (Lipinski definition) is 3. The molecular weight excluding hydrogens is 1650 g/mol.